The van der Waals surface area contributed by atoms with Gasteiger partial charge in [0.1, 0.15) is 16.9 Å². The van der Waals surface area contributed by atoms with Gasteiger partial charge < -0.3 is 20.3 Å². The van der Waals surface area contributed by atoms with Crippen LogP contribution in [0, 0.1) is 6.92 Å². The van der Waals surface area contributed by atoms with Crippen LogP contribution in [0.25, 0.3) is 11.7 Å². The highest BCUT2D eigenvalue weighted by molar-refractivity contribution is 9.10. The molecule has 0 atom stereocenters. The Hall–Kier alpha value is -3.35. The third-order valence-corrected chi connectivity index (χ3v) is 7.92. The van der Waals surface area contributed by atoms with E-state index in [0.717, 1.165) is 10.3 Å². The molecule has 2 N–H and O–H groups in total. The van der Waals surface area contributed by atoms with Gasteiger partial charge >= 0.3 is 0 Å². The molecule has 1 aromatic carbocycles. The topological polar surface area (TPSA) is 118 Å². The van der Waals surface area contributed by atoms with Gasteiger partial charge in [-0.15, -0.1) is 24.8 Å². The first-order valence-corrected chi connectivity index (χ1v) is 14.3. The number of nitrogens with one attached hydrogen (secondary N) is 2. The number of aryl methyl sites for hydroxylation is 1. The quantitative estimate of drug-likeness (QED) is 0.190. The number of anilines is 1. The van der Waals surface area contributed by atoms with Gasteiger partial charge in [-0.25, -0.2) is 4.98 Å². The molecule has 0 aliphatic heterocycles. The van der Waals surface area contributed by atoms with Crippen molar-refractivity contribution in [2.45, 2.75) is 20.5 Å². The molecule has 0 fully saturated rings. The van der Waals surface area contributed by atoms with Crippen LogP contribution >= 0.6 is 63.9 Å². The Morgan fingerprint density at radius 3 is 2.55 bits per heavy atom. The number of nitrogens with zero attached hydrogens (tertiary/aromatic N) is 4. The van der Waals surface area contributed by atoms with Crippen LogP contribution in [0.5, 0.6) is 5.75 Å². The van der Waals surface area contributed by atoms with Crippen molar-refractivity contribution < 1.29 is 19.1 Å². The molecule has 4 rings (SSSR count). The molecule has 234 valence electrons. The third-order valence-electron chi connectivity index (χ3n) is 6.19. The molecule has 0 saturated heterocycles. The zero-order chi connectivity index (χ0) is 30.4. The number of aromatic nitrogens is 3. The van der Waals surface area contributed by atoms with Crippen molar-refractivity contribution >= 4 is 99.1 Å². The van der Waals surface area contributed by atoms with Gasteiger partial charge in [0.2, 0.25) is 11.8 Å². The maximum absolute atomic E-state index is 12.9. The monoisotopic (exact) mass is 744 g/mol. The molecule has 4 aromatic rings. The summed E-state index contributed by atoms with van der Waals surface area (Å²) in [6.45, 7) is 3.97. The van der Waals surface area contributed by atoms with Crippen molar-refractivity contribution in [2.24, 2.45) is 0 Å². The van der Waals surface area contributed by atoms with Gasteiger partial charge in [-0.3, -0.25) is 23.8 Å². The first kappa shape index (κ1) is 36.8. The van der Waals surface area contributed by atoms with E-state index in [4.69, 9.17) is 27.9 Å². The van der Waals surface area contributed by atoms with E-state index in [2.05, 4.69) is 36.5 Å². The van der Waals surface area contributed by atoms with Crippen LogP contribution in [-0.2, 0) is 16.2 Å². The van der Waals surface area contributed by atoms with Gasteiger partial charge in [-0.05, 0) is 71.7 Å². The second-order valence-electron chi connectivity index (χ2n) is 9.04. The van der Waals surface area contributed by atoms with E-state index in [9.17, 15) is 14.4 Å². The first-order chi connectivity index (χ1) is 20.1. The van der Waals surface area contributed by atoms with E-state index in [-0.39, 0.29) is 54.6 Å². The summed E-state index contributed by atoms with van der Waals surface area (Å²) < 4.78 is 8.73. The Balaban J connectivity index is 0.00000337. The second-order valence-corrected chi connectivity index (χ2v) is 10.6. The fourth-order valence-corrected chi connectivity index (χ4v) is 4.88. The Bertz CT molecular complexity index is 1680. The van der Waals surface area contributed by atoms with E-state index in [1.165, 1.54) is 23.2 Å². The van der Waals surface area contributed by atoms with Crippen molar-refractivity contribution in [3.05, 3.63) is 92.0 Å². The van der Waals surface area contributed by atoms with E-state index in [0.29, 0.717) is 39.8 Å². The highest BCUT2D eigenvalue weighted by Gasteiger charge is 2.20. The molecule has 0 aliphatic rings. The number of rotatable bonds is 10. The summed E-state index contributed by atoms with van der Waals surface area (Å²) in [6.07, 6.45) is 6.16. The van der Waals surface area contributed by atoms with Crippen LogP contribution in [0.4, 0.5) is 5.69 Å². The first-order valence-electron chi connectivity index (χ1n) is 12.8. The van der Waals surface area contributed by atoms with Crippen molar-refractivity contribution in [2.75, 3.05) is 25.0 Å². The molecule has 3 heterocycles. The van der Waals surface area contributed by atoms with Crippen molar-refractivity contribution in [1.29, 1.82) is 0 Å². The van der Waals surface area contributed by atoms with Crippen molar-refractivity contribution in [1.82, 2.24) is 25.0 Å². The van der Waals surface area contributed by atoms with Gasteiger partial charge in [-0.2, -0.15) is 0 Å². The molecule has 10 nitrogen and oxygen atoms in total. The summed E-state index contributed by atoms with van der Waals surface area (Å²) in [5.74, 6) is -0.610. The summed E-state index contributed by atoms with van der Waals surface area (Å²) in [7, 11) is 1.55. The van der Waals surface area contributed by atoms with Crippen molar-refractivity contribution in [3.63, 3.8) is 0 Å². The zero-order valence-corrected chi connectivity index (χ0v) is 28.5. The van der Waals surface area contributed by atoms with Gasteiger partial charge in [0, 0.05) is 42.6 Å². The Labute approximate surface area is 285 Å². The lowest BCUT2D eigenvalue weighted by molar-refractivity contribution is -0.122. The largest absolute Gasteiger partial charge is 0.485 e. The van der Waals surface area contributed by atoms with Gasteiger partial charge in [0.15, 0.2) is 11.4 Å². The van der Waals surface area contributed by atoms with E-state index < -0.39 is 11.8 Å². The molecule has 0 bridgehead atoms. The highest BCUT2D eigenvalue weighted by Crippen LogP contribution is 2.35. The van der Waals surface area contributed by atoms with Crippen molar-refractivity contribution in [3.8, 4) is 5.75 Å². The molecular weight excluding hydrogens is 718 g/mol. The Morgan fingerprint density at radius 2 is 1.86 bits per heavy atom. The molecule has 0 unspecified atom stereocenters. The molecular formula is C29H29BrCl4N6O4. The van der Waals surface area contributed by atoms with Crippen LogP contribution in [0.2, 0.25) is 10.0 Å². The molecule has 0 spiro atoms. The highest BCUT2D eigenvalue weighted by atomic mass is 79.9. The lowest BCUT2D eigenvalue weighted by atomic mass is 10.2. The Morgan fingerprint density at radius 1 is 1.11 bits per heavy atom. The zero-order valence-electron chi connectivity index (χ0n) is 23.8. The maximum atomic E-state index is 12.9. The number of hydrogen-bond acceptors (Lipinski definition) is 6. The minimum Gasteiger partial charge on any atom is -0.485 e. The minimum atomic E-state index is -0.476. The summed E-state index contributed by atoms with van der Waals surface area (Å²) in [5.41, 5.74) is 3.26. The Kier molecular flexibility index (Phi) is 13.9. The van der Waals surface area contributed by atoms with Crippen LogP contribution in [-0.4, -0.2) is 52.2 Å². The number of pyridine rings is 2. The standard InChI is InChI=1S/C29H27BrCl2N6O4.2ClH/c1-4-33-29(41)21-10-7-18(14-34-21)8-12-24(39)35-15-25(40)37(3)22-11-9-20(31)19(26(22)32)16-42-23-6-5-13-38-27(30)17(2)36-28(23)38;;/h5-14H,4,15-16H2,1-3H3,(H,33,41)(H,35,39);2*1H. The van der Waals surface area contributed by atoms with Crippen LogP contribution in [0.1, 0.15) is 34.2 Å². The fourth-order valence-electron chi connectivity index (χ4n) is 3.90. The minimum absolute atomic E-state index is 0. The molecule has 0 radical (unpaired) electrons. The summed E-state index contributed by atoms with van der Waals surface area (Å²) in [4.78, 5) is 47.0. The van der Waals surface area contributed by atoms with E-state index >= 15 is 0 Å². The van der Waals surface area contributed by atoms with E-state index in [1.807, 2.05) is 30.5 Å². The smallest absolute Gasteiger partial charge is 0.269 e. The van der Waals surface area contributed by atoms with Crippen LogP contribution < -0.4 is 20.3 Å². The fraction of sp³-hybridized carbons (Fsp3) is 0.207. The summed E-state index contributed by atoms with van der Waals surface area (Å²) >= 11 is 16.6. The second kappa shape index (κ2) is 16.6. The average Bonchev–Trinajstić information content (AvgIpc) is 3.28. The molecule has 0 saturated carbocycles. The van der Waals surface area contributed by atoms with E-state index in [1.54, 1.807) is 37.4 Å². The van der Waals surface area contributed by atoms with Crippen LogP contribution in [0.3, 0.4) is 0 Å². The average molecular weight is 747 g/mol. The molecule has 44 heavy (non-hydrogen) atoms. The molecule has 15 heteroatoms. The van der Waals surface area contributed by atoms with Gasteiger partial charge in [0.25, 0.3) is 5.91 Å². The predicted molar refractivity (Wildman–Crippen MR) is 181 cm³/mol. The molecule has 3 amide bonds. The lowest BCUT2D eigenvalue weighted by Gasteiger charge is -2.21. The third kappa shape index (κ3) is 8.64. The number of benzene rings is 1. The number of hydrogen-bond donors (Lipinski definition) is 2. The number of ether oxygens (including phenoxy) is 1. The molecule has 3 aromatic heterocycles. The molecule has 0 aliphatic carbocycles. The number of halogens is 5. The summed E-state index contributed by atoms with van der Waals surface area (Å²) in [5, 5.41) is 5.85. The van der Waals surface area contributed by atoms with Crippen LogP contribution in [0.15, 0.2) is 59.5 Å². The number of carbonyl (C=O) groups excluding carboxylic acids is 3. The maximum Gasteiger partial charge on any atom is 0.269 e. The summed E-state index contributed by atoms with van der Waals surface area (Å²) in [6, 6.07) is 10.1. The number of imidazole rings is 1. The number of fused-ring (bicyclic) bond motifs is 1. The van der Waals surface area contributed by atoms with Gasteiger partial charge in [-0.1, -0.05) is 29.3 Å². The lowest BCUT2D eigenvalue weighted by Crippen LogP contribution is -2.37. The predicted octanol–water partition coefficient (Wildman–Crippen LogP) is 6.07. The normalized spacial score (nSPS) is 10.6. The number of carbonyl (C=O) groups is 3. The number of likely N-dealkylation sites (N-methyl/N-ethyl adjacent to an activating group) is 1. The SMILES string of the molecule is CCNC(=O)c1ccc(C=CC(=O)NCC(=O)N(C)c2ccc(Cl)c(COc3cccn4c(Br)c(C)nc34)c2Cl)cn1.Cl.Cl. The van der Waals surface area contributed by atoms with Gasteiger partial charge in [0.05, 0.1) is 22.9 Å². The number of amides is 3.